The number of rotatable bonds is 6. The van der Waals surface area contributed by atoms with E-state index in [0.29, 0.717) is 72.7 Å². The van der Waals surface area contributed by atoms with E-state index in [4.69, 9.17) is 13.9 Å². The third-order valence-electron chi connectivity index (χ3n) is 6.28. The first-order valence-corrected chi connectivity index (χ1v) is 11.2. The molecule has 1 fully saturated rings. The molecule has 2 aromatic carbocycles. The average molecular weight is 452 g/mol. The molecule has 0 aliphatic carbocycles. The van der Waals surface area contributed by atoms with Crippen LogP contribution >= 0.6 is 0 Å². The Labute approximate surface area is 192 Å². The SMILES string of the molecule is CCOC(=O)C1CCN(Cc2c(O)ccc3c(=O)c(-c4ccc(OC)cc4)c(C)oc23)CC1. The van der Waals surface area contributed by atoms with E-state index in [1.54, 1.807) is 38.3 Å². The van der Waals surface area contributed by atoms with Gasteiger partial charge in [0.25, 0.3) is 0 Å². The van der Waals surface area contributed by atoms with E-state index in [9.17, 15) is 14.7 Å². The lowest BCUT2D eigenvalue weighted by molar-refractivity contribution is -0.149. The second-order valence-corrected chi connectivity index (χ2v) is 8.33. The Morgan fingerprint density at radius 1 is 1.15 bits per heavy atom. The quantitative estimate of drug-likeness (QED) is 0.560. The van der Waals surface area contributed by atoms with Crippen LogP contribution in [0, 0.1) is 12.8 Å². The molecule has 2 heterocycles. The molecule has 3 aromatic rings. The minimum Gasteiger partial charge on any atom is -0.507 e. The summed E-state index contributed by atoms with van der Waals surface area (Å²) >= 11 is 0. The summed E-state index contributed by atoms with van der Waals surface area (Å²) < 4.78 is 16.5. The third-order valence-corrected chi connectivity index (χ3v) is 6.28. The predicted octanol–water partition coefficient (Wildman–Crippen LogP) is 4.26. The normalized spacial score (nSPS) is 15.0. The number of esters is 1. The summed E-state index contributed by atoms with van der Waals surface area (Å²) in [4.78, 5) is 27.6. The molecule has 0 atom stereocenters. The molecule has 174 valence electrons. The number of fused-ring (bicyclic) bond motifs is 1. The first-order chi connectivity index (χ1) is 15.9. The molecular weight excluding hydrogens is 422 g/mol. The van der Waals surface area contributed by atoms with Gasteiger partial charge in [-0.05, 0) is 69.6 Å². The number of phenolic OH excluding ortho intramolecular Hbond substituents is 1. The van der Waals surface area contributed by atoms with Gasteiger partial charge in [0.2, 0.25) is 5.43 Å². The number of nitrogens with zero attached hydrogens (tertiary/aromatic N) is 1. The molecule has 33 heavy (non-hydrogen) atoms. The highest BCUT2D eigenvalue weighted by Crippen LogP contribution is 2.32. The smallest absolute Gasteiger partial charge is 0.309 e. The monoisotopic (exact) mass is 451 g/mol. The molecule has 0 radical (unpaired) electrons. The Morgan fingerprint density at radius 2 is 1.85 bits per heavy atom. The molecule has 1 N–H and O–H groups in total. The summed E-state index contributed by atoms with van der Waals surface area (Å²) in [6, 6.07) is 10.4. The summed E-state index contributed by atoms with van der Waals surface area (Å²) in [5, 5.41) is 11.0. The Bertz CT molecular complexity index is 1210. The van der Waals surface area contributed by atoms with Crippen molar-refractivity contribution < 1.29 is 23.8 Å². The van der Waals surface area contributed by atoms with E-state index in [-0.39, 0.29) is 23.1 Å². The van der Waals surface area contributed by atoms with Gasteiger partial charge >= 0.3 is 5.97 Å². The lowest BCUT2D eigenvalue weighted by Crippen LogP contribution is -2.36. The van der Waals surface area contributed by atoms with Crippen LogP contribution in [0.1, 0.15) is 31.1 Å². The predicted molar refractivity (Wildman–Crippen MR) is 126 cm³/mol. The molecule has 1 saturated heterocycles. The van der Waals surface area contributed by atoms with E-state index in [1.165, 1.54) is 0 Å². The zero-order valence-corrected chi connectivity index (χ0v) is 19.2. The van der Waals surface area contributed by atoms with Gasteiger partial charge in [-0.1, -0.05) is 12.1 Å². The van der Waals surface area contributed by atoms with Crippen LogP contribution in [-0.2, 0) is 16.1 Å². The van der Waals surface area contributed by atoms with Gasteiger partial charge in [0.1, 0.15) is 22.8 Å². The van der Waals surface area contributed by atoms with Crippen molar-refractivity contribution in [2.24, 2.45) is 5.92 Å². The van der Waals surface area contributed by atoms with Crippen LogP contribution in [-0.4, -0.2) is 42.8 Å². The molecule has 1 aliphatic heterocycles. The number of aryl methyl sites for hydroxylation is 1. The van der Waals surface area contributed by atoms with Crippen molar-refractivity contribution in [2.75, 3.05) is 26.8 Å². The van der Waals surface area contributed by atoms with Crippen LogP contribution in [0.5, 0.6) is 11.5 Å². The van der Waals surface area contributed by atoms with Crippen molar-refractivity contribution in [3.8, 4) is 22.6 Å². The molecule has 1 aliphatic rings. The summed E-state index contributed by atoms with van der Waals surface area (Å²) in [5.74, 6) is 1.06. The Hall–Kier alpha value is -3.32. The van der Waals surface area contributed by atoms with Gasteiger partial charge in [-0.25, -0.2) is 0 Å². The molecular formula is C26H29NO6. The number of ether oxygens (including phenoxy) is 2. The lowest BCUT2D eigenvalue weighted by atomic mass is 9.96. The van der Waals surface area contributed by atoms with Gasteiger partial charge in [0.05, 0.1) is 36.1 Å². The van der Waals surface area contributed by atoms with E-state index in [0.717, 1.165) is 5.56 Å². The van der Waals surface area contributed by atoms with E-state index >= 15 is 0 Å². The van der Waals surface area contributed by atoms with Crippen LogP contribution in [0.25, 0.3) is 22.1 Å². The minimum atomic E-state index is -0.141. The summed E-state index contributed by atoms with van der Waals surface area (Å²) in [5.41, 5.74) is 2.10. The number of benzene rings is 2. The first-order valence-electron chi connectivity index (χ1n) is 11.2. The highest BCUT2D eigenvalue weighted by atomic mass is 16.5. The van der Waals surface area contributed by atoms with Crippen LogP contribution in [0.2, 0.25) is 0 Å². The fourth-order valence-corrected chi connectivity index (χ4v) is 4.47. The number of hydrogen-bond donors (Lipinski definition) is 1. The second kappa shape index (κ2) is 9.67. The second-order valence-electron chi connectivity index (χ2n) is 8.33. The van der Waals surface area contributed by atoms with Crippen molar-refractivity contribution in [3.63, 3.8) is 0 Å². The molecule has 1 aromatic heterocycles. The topological polar surface area (TPSA) is 89.2 Å². The van der Waals surface area contributed by atoms with Crippen molar-refractivity contribution in [2.45, 2.75) is 33.2 Å². The summed E-state index contributed by atoms with van der Waals surface area (Å²) in [7, 11) is 1.60. The number of carbonyl (C=O) groups is 1. The molecule has 0 amide bonds. The van der Waals surface area contributed by atoms with Crippen molar-refractivity contribution in [1.82, 2.24) is 4.90 Å². The number of carbonyl (C=O) groups excluding carboxylic acids is 1. The molecule has 7 nitrogen and oxygen atoms in total. The Kier molecular flexibility index (Phi) is 6.70. The minimum absolute atomic E-state index is 0.0884. The number of methoxy groups -OCH3 is 1. The van der Waals surface area contributed by atoms with Crippen LogP contribution in [0.3, 0.4) is 0 Å². The average Bonchev–Trinajstić information content (AvgIpc) is 2.82. The molecule has 7 heteroatoms. The van der Waals surface area contributed by atoms with Crippen LogP contribution < -0.4 is 10.2 Å². The van der Waals surface area contributed by atoms with Crippen LogP contribution in [0.15, 0.2) is 45.6 Å². The van der Waals surface area contributed by atoms with Gasteiger partial charge in [-0.15, -0.1) is 0 Å². The standard InChI is InChI=1S/C26H29NO6/c1-4-32-26(30)18-11-13-27(14-12-18)15-21-22(28)10-9-20-24(29)23(16(2)33-25(20)21)17-5-7-19(31-3)8-6-17/h5-10,18,28H,4,11-15H2,1-3H3. The van der Waals surface area contributed by atoms with Crippen molar-refractivity contribution in [3.05, 3.63) is 57.9 Å². The summed E-state index contributed by atoms with van der Waals surface area (Å²) in [6.45, 7) is 5.80. The third kappa shape index (κ3) is 4.59. The van der Waals surface area contributed by atoms with E-state index in [1.807, 2.05) is 19.1 Å². The number of phenols is 1. The van der Waals surface area contributed by atoms with Gasteiger partial charge in [0.15, 0.2) is 0 Å². The maximum absolute atomic E-state index is 13.4. The van der Waals surface area contributed by atoms with Gasteiger partial charge in [0, 0.05) is 6.54 Å². The maximum Gasteiger partial charge on any atom is 0.309 e. The number of piperidine rings is 1. The molecule has 0 bridgehead atoms. The zero-order valence-electron chi connectivity index (χ0n) is 19.2. The molecule has 0 spiro atoms. The highest BCUT2D eigenvalue weighted by Gasteiger charge is 2.27. The number of aromatic hydroxyl groups is 1. The van der Waals surface area contributed by atoms with E-state index in [2.05, 4.69) is 4.90 Å². The maximum atomic E-state index is 13.4. The first kappa shape index (κ1) is 22.9. The molecule has 0 saturated carbocycles. The fraction of sp³-hybridized carbons (Fsp3) is 0.385. The number of likely N-dealkylation sites (tertiary alicyclic amines) is 1. The van der Waals surface area contributed by atoms with Crippen molar-refractivity contribution >= 4 is 16.9 Å². The van der Waals surface area contributed by atoms with Crippen molar-refractivity contribution in [1.29, 1.82) is 0 Å². The highest BCUT2D eigenvalue weighted by molar-refractivity contribution is 5.86. The van der Waals surface area contributed by atoms with Gasteiger partial charge in [-0.2, -0.15) is 0 Å². The zero-order chi connectivity index (χ0) is 23.5. The van der Waals surface area contributed by atoms with Crippen LogP contribution in [0.4, 0.5) is 0 Å². The molecule has 0 unspecified atom stereocenters. The van der Waals surface area contributed by atoms with Gasteiger partial charge in [-0.3, -0.25) is 14.5 Å². The Balaban J connectivity index is 1.64. The number of hydrogen-bond acceptors (Lipinski definition) is 7. The summed E-state index contributed by atoms with van der Waals surface area (Å²) in [6.07, 6.45) is 1.41. The Morgan fingerprint density at radius 3 is 2.48 bits per heavy atom. The fourth-order valence-electron chi connectivity index (χ4n) is 4.47. The molecule has 4 rings (SSSR count). The lowest BCUT2D eigenvalue weighted by Gasteiger charge is -2.31. The van der Waals surface area contributed by atoms with Gasteiger partial charge < -0.3 is 19.0 Å². The van der Waals surface area contributed by atoms with E-state index < -0.39 is 0 Å². The largest absolute Gasteiger partial charge is 0.507 e.